The molecule has 0 atom stereocenters. The summed E-state index contributed by atoms with van der Waals surface area (Å²) in [6.45, 7) is 1.89. The topological polar surface area (TPSA) is 86.2 Å². The zero-order valence-electron chi connectivity index (χ0n) is 19.5. The monoisotopic (exact) mass is 485 g/mol. The number of ether oxygens (including phenoxy) is 2. The second-order valence-corrected chi connectivity index (χ2v) is 8.92. The number of rotatable bonds is 7. The van der Waals surface area contributed by atoms with Crippen LogP contribution < -0.4 is 15.0 Å². The number of H-pyrrole nitrogens is 1. The van der Waals surface area contributed by atoms with Gasteiger partial charge in [0.1, 0.15) is 0 Å². The number of para-hydroxylation sites is 2. The molecule has 0 aliphatic carbocycles. The molecule has 5 rings (SSSR count). The fourth-order valence-corrected chi connectivity index (χ4v) is 5.12. The van der Waals surface area contributed by atoms with E-state index in [1.165, 1.54) is 16.3 Å². The number of hydrogen-bond donors (Lipinski definition) is 1. The Balaban J connectivity index is 1.59. The normalized spacial score (nSPS) is 11.2. The molecule has 0 fully saturated rings. The van der Waals surface area contributed by atoms with Crippen LogP contribution in [-0.2, 0) is 0 Å². The minimum atomic E-state index is -0.221. The van der Waals surface area contributed by atoms with Crippen LogP contribution in [-0.4, -0.2) is 40.3 Å². The Morgan fingerprint density at radius 3 is 2.46 bits per heavy atom. The lowest BCUT2D eigenvalue weighted by molar-refractivity contribution is 0.102. The van der Waals surface area contributed by atoms with E-state index in [1.54, 1.807) is 50.6 Å². The molecule has 0 saturated heterocycles. The van der Waals surface area contributed by atoms with Crippen molar-refractivity contribution in [2.45, 2.75) is 12.1 Å². The highest BCUT2D eigenvalue weighted by Crippen LogP contribution is 2.31. The molecule has 0 bridgehead atoms. The average molecular weight is 486 g/mol. The van der Waals surface area contributed by atoms with Crippen LogP contribution in [0.4, 0.5) is 0 Å². The molecule has 2 aromatic heterocycles. The number of fused-ring (bicyclic) bond motifs is 2. The maximum Gasteiger partial charge on any atom is 0.266 e. The van der Waals surface area contributed by atoms with E-state index in [1.807, 2.05) is 37.3 Å². The number of aromatic amines is 1. The van der Waals surface area contributed by atoms with Gasteiger partial charge >= 0.3 is 0 Å². The van der Waals surface area contributed by atoms with Crippen molar-refractivity contribution in [3.8, 4) is 17.2 Å². The third-order valence-electron chi connectivity index (χ3n) is 5.88. The smallest absolute Gasteiger partial charge is 0.266 e. The molecule has 0 radical (unpaired) electrons. The predicted octanol–water partition coefficient (Wildman–Crippen LogP) is 5.17. The number of nitrogens with zero attached hydrogens (tertiary/aromatic N) is 2. The molecule has 0 unspecified atom stereocenters. The fraction of sp³-hybridized carbons (Fsp3) is 0.148. The molecule has 2 heterocycles. The predicted molar refractivity (Wildman–Crippen MR) is 139 cm³/mol. The molecule has 0 amide bonds. The Kier molecular flexibility index (Phi) is 6.05. The number of carbonyl (C=O) groups is 1. The number of Topliss-reactive ketones (excluding diaryl/α,β-unsaturated/α-hetero) is 1. The summed E-state index contributed by atoms with van der Waals surface area (Å²) < 4.78 is 12.3. The molecule has 8 heteroatoms. The van der Waals surface area contributed by atoms with Gasteiger partial charge in [-0.3, -0.25) is 14.2 Å². The minimum absolute atomic E-state index is 0.0359. The van der Waals surface area contributed by atoms with Crippen LogP contribution in [0.3, 0.4) is 0 Å². The Bertz CT molecular complexity index is 1640. The summed E-state index contributed by atoms with van der Waals surface area (Å²) in [5.74, 6) is 1.13. The van der Waals surface area contributed by atoms with Gasteiger partial charge in [0.05, 0.1) is 36.6 Å². The first-order valence-corrected chi connectivity index (χ1v) is 12.0. The van der Waals surface area contributed by atoms with Gasteiger partial charge in [0.15, 0.2) is 22.4 Å². The van der Waals surface area contributed by atoms with Gasteiger partial charge in [0, 0.05) is 28.2 Å². The van der Waals surface area contributed by atoms with Crippen molar-refractivity contribution in [2.24, 2.45) is 0 Å². The quantitative estimate of drug-likeness (QED) is 0.195. The molecule has 0 aliphatic rings. The van der Waals surface area contributed by atoms with Gasteiger partial charge in [0.25, 0.3) is 5.56 Å². The number of thioether (sulfide) groups is 1. The first-order chi connectivity index (χ1) is 17.0. The van der Waals surface area contributed by atoms with Gasteiger partial charge in [-0.2, -0.15) is 0 Å². The maximum absolute atomic E-state index is 13.6. The van der Waals surface area contributed by atoms with Crippen molar-refractivity contribution >= 4 is 39.4 Å². The summed E-state index contributed by atoms with van der Waals surface area (Å²) in [6.07, 6.45) is 0. The number of ketones is 1. The van der Waals surface area contributed by atoms with Gasteiger partial charge in [-0.15, -0.1) is 0 Å². The third kappa shape index (κ3) is 4.06. The number of aromatic nitrogens is 3. The molecule has 3 aromatic carbocycles. The number of hydrogen-bond acceptors (Lipinski definition) is 6. The minimum Gasteiger partial charge on any atom is -0.493 e. The average Bonchev–Trinajstić information content (AvgIpc) is 3.22. The van der Waals surface area contributed by atoms with Crippen molar-refractivity contribution in [1.82, 2.24) is 14.5 Å². The molecule has 0 aliphatic heterocycles. The molecular formula is C27H23N3O4S. The van der Waals surface area contributed by atoms with E-state index in [2.05, 4.69) is 4.98 Å². The second-order valence-electron chi connectivity index (χ2n) is 7.97. The third-order valence-corrected chi connectivity index (χ3v) is 6.81. The highest BCUT2D eigenvalue weighted by atomic mass is 32.2. The van der Waals surface area contributed by atoms with Crippen molar-refractivity contribution < 1.29 is 14.3 Å². The van der Waals surface area contributed by atoms with Crippen molar-refractivity contribution in [3.05, 3.63) is 88.3 Å². The van der Waals surface area contributed by atoms with E-state index in [-0.39, 0.29) is 17.1 Å². The lowest BCUT2D eigenvalue weighted by Crippen LogP contribution is -2.22. The van der Waals surface area contributed by atoms with Crippen LogP contribution in [0.25, 0.3) is 27.5 Å². The number of methoxy groups -OCH3 is 2. The summed E-state index contributed by atoms with van der Waals surface area (Å²) in [7, 11) is 3.10. The van der Waals surface area contributed by atoms with Gasteiger partial charge in [0.2, 0.25) is 0 Å². The van der Waals surface area contributed by atoms with Crippen LogP contribution in [0.2, 0.25) is 0 Å². The lowest BCUT2D eigenvalue weighted by Gasteiger charge is -2.15. The standard InChI is InChI=1S/C27H23N3O4S/c1-16-25(18-8-4-6-10-20(18)28-16)22(31)15-35-27-29-21-11-7-5-9-19(21)26(32)30(27)17-12-13-23(33-2)24(14-17)34-3/h4-14,28H,15H2,1-3H3. The van der Waals surface area contributed by atoms with Crippen LogP contribution >= 0.6 is 11.8 Å². The van der Waals surface area contributed by atoms with Crippen molar-refractivity contribution in [3.63, 3.8) is 0 Å². The molecule has 5 aromatic rings. The second kappa shape index (κ2) is 9.31. The molecule has 0 saturated carbocycles. The molecule has 35 heavy (non-hydrogen) atoms. The highest BCUT2D eigenvalue weighted by Gasteiger charge is 2.20. The summed E-state index contributed by atoms with van der Waals surface area (Å²) >= 11 is 1.23. The van der Waals surface area contributed by atoms with Crippen molar-refractivity contribution in [1.29, 1.82) is 0 Å². The fourth-order valence-electron chi connectivity index (χ4n) is 4.24. The number of aryl methyl sites for hydroxylation is 1. The summed E-state index contributed by atoms with van der Waals surface area (Å²) in [5, 5.41) is 1.80. The van der Waals surface area contributed by atoms with E-state index in [0.29, 0.717) is 38.8 Å². The highest BCUT2D eigenvalue weighted by molar-refractivity contribution is 7.99. The largest absolute Gasteiger partial charge is 0.493 e. The molecule has 176 valence electrons. The summed E-state index contributed by atoms with van der Waals surface area (Å²) in [4.78, 5) is 34.9. The van der Waals surface area contributed by atoms with Gasteiger partial charge in [-0.25, -0.2) is 4.98 Å². The number of carbonyl (C=O) groups excluding carboxylic acids is 1. The SMILES string of the molecule is COc1ccc(-n2c(SCC(=O)c3c(C)[nH]c4ccccc34)nc3ccccc3c2=O)cc1OC. The zero-order valence-corrected chi connectivity index (χ0v) is 20.3. The van der Waals surface area contributed by atoms with Crippen molar-refractivity contribution in [2.75, 3.05) is 20.0 Å². The van der Waals surface area contributed by atoms with Gasteiger partial charge in [-0.05, 0) is 37.3 Å². The van der Waals surface area contributed by atoms with Gasteiger partial charge in [-0.1, -0.05) is 42.1 Å². The van der Waals surface area contributed by atoms with E-state index in [0.717, 1.165) is 16.6 Å². The van der Waals surface area contributed by atoms with Crippen LogP contribution in [0, 0.1) is 6.92 Å². The summed E-state index contributed by atoms with van der Waals surface area (Å²) in [6, 6.07) is 20.2. The Hall–Kier alpha value is -4.04. The zero-order chi connectivity index (χ0) is 24.5. The van der Waals surface area contributed by atoms with E-state index >= 15 is 0 Å². The van der Waals surface area contributed by atoms with E-state index < -0.39 is 0 Å². The summed E-state index contributed by atoms with van der Waals surface area (Å²) in [5.41, 5.74) is 3.33. The Morgan fingerprint density at radius 1 is 0.971 bits per heavy atom. The lowest BCUT2D eigenvalue weighted by atomic mass is 10.1. The van der Waals surface area contributed by atoms with Crippen LogP contribution in [0.15, 0.2) is 76.7 Å². The molecule has 7 nitrogen and oxygen atoms in total. The van der Waals surface area contributed by atoms with Gasteiger partial charge < -0.3 is 14.5 Å². The van der Waals surface area contributed by atoms with E-state index in [4.69, 9.17) is 14.5 Å². The number of benzene rings is 3. The Labute approximate surface area is 205 Å². The molecule has 1 N–H and O–H groups in total. The van der Waals surface area contributed by atoms with E-state index in [9.17, 15) is 9.59 Å². The van der Waals surface area contributed by atoms with Crippen LogP contribution in [0.1, 0.15) is 16.1 Å². The van der Waals surface area contributed by atoms with Crippen LogP contribution in [0.5, 0.6) is 11.5 Å². The first-order valence-electron chi connectivity index (χ1n) is 11.0. The molecule has 0 spiro atoms. The maximum atomic E-state index is 13.6. The Morgan fingerprint density at radius 2 is 1.69 bits per heavy atom. The molecular weight excluding hydrogens is 462 g/mol. The number of nitrogens with one attached hydrogen (secondary N) is 1. The first kappa shape index (κ1) is 22.7.